The Balaban J connectivity index is 2.68. The molecule has 3 rings (SSSR count). The third-order valence-corrected chi connectivity index (χ3v) is 4.45. The van der Waals surface area contributed by atoms with Crippen molar-refractivity contribution in [1.29, 1.82) is 0 Å². The summed E-state index contributed by atoms with van der Waals surface area (Å²) < 4.78 is 5.51. The van der Waals surface area contributed by atoms with Gasteiger partial charge in [-0.3, -0.25) is 0 Å². The van der Waals surface area contributed by atoms with Gasteiger partial charge in [0.2, 0.25) is 0 Å². The number of fused-ring (bicyclic) bond motifs is 3. The molecular weight excluding hydrogens is 248 g/mol. The Morgan fingerprint density at radius 3 is 2.05 bits per heavy atom. The maximum atomic E-state index is 12.2. The van der Waals surface area contributed by atoms with E-state index in [1.165, 1.54) is 16.7 Å². The molecule has 2 aromatic carbocycles. The second kappa shape index (κ2) is 4.20. The summed E-state index contributed by atoms with van der Waals surface area (Å²) in [6.07, 6.45) is 0. The van der Waals surface area contributed by atoms with Gasteiger partial charge in [-0.15, -0.1) is 0 Å². The second-order valence-corrected chi connectivity index (χ2v) is 5.69. The minimum absolute atomic E-state index is 0.248. The van der Waals surface area contributed by atoms with Crippen molar-refractivity contribution in [3.8, 4) is 0 Å². The lowest BCUT2D eigenvalue weighted by atomic mass is 9.94. The molecule has 0 spiro atoms. The van der Waals surface area contributed by atoms with Gasteiger partial charge in [-0.05, 0) is 80.6 Å². The van der Waals surface area contributed by atoms with Crippen molar-refractivity contribution in [2.24, 2.45) is 0 Å². The first kappa shape index (κ1) is 12.9. The van der Waals surface area contributed by atoms with Crippen LogP contribution in [0, 0.1) is 34.6 Å². The third kappa shape index (κ3) is 1.68. The van der Waals surface area contributed by atoms with Crippen LogP contribution in [0.25, 0.3) is 21.7 Å². The average Bonchev–Trinajstić information content (AvgIpc) is 2.39. The molecule has 0 atom stereocenters. The fraction of sp³-hybridized carbons (Fsp3) is 0.278. The summed E-state index contributed by atoms with van der Waals surface area (Å²) in [4.78, 5) is 12.2. The lowest BCUT2D eigenvalue weighted by Gasteiger charge is -2.12. The van der Waals surface area contributed by atoms with Crippen LogP contribution < -0.4 is 5.63 Å². The zero-order valence-corrected chi connectivity index (χ0v) is 12.5. The molecule has 20 heavy (non-hydrogen) atoms. The average molecular weight is 266 g/mol. The number of rotatable bonds is 0. The minimum atomic E-state index is -0.248. The van der Waals surface area contributed by atoms with Gasteiger partial charge in [0.25, 0.3) is 0 Å². The van der Waals surface area contributed by atoms with E-state index in [0.29, 0.717) is 11.0 Å². The highest BCUT2D eigenvalue weighted by molar-refractivity contribution is 6.07. The highest BCUT2D eigenvalue weighted by Crippen LogP contribution is 2.30. The van der Waals surface area contributed by atoms with E-state index >= 15 is 0 Å². The lowest BCUT2D eigenvalue weighted by Crippen LogP contribution is -2.03. The van der Waals surface area contributed by atoms with Crippen LogP contribution in [0.4, 0.5) is 0 Å². The highest BCUT2D eigenvalue weighted by Gasteiger charge is 2.13. The molecule has 2 nitrogen and oxygen atoms in total. The van der Waals surface area contributed by atoms with Crippen LogP contribution >= 0.6 is 0 Å². The minimum Gasteiger partial charge on any atom is -0.422 e. The quantitative estimate of drug-likeness (QED) is 0.443. The molecule has 1 aromatic heterocycles. The molecule has 0 aliphatic rings. The van der Waals surface area contributed by atoms with Gasteiger partial charge in [-0.25, -0.2) is 4.79 Å². The van der Waals surface area contributed by atoms with E-state index in [0.717, 1.165) is 21.9 Å². The molecule has 0 amide bonds. The SMILES string of the molecule is Cc1cc2oc(=O)c3cc(C)c(C)c(C)c3c2cc1C. The molecular formula is C18H18O2. The topological polar surface area (TPSA) is 30.2 Å². The van der Waals surface area contributed by atoms with E-state index in [4.69, 9.17) is 4.42 Å². The summed E-state index contributed by atoms with van der Waals surface area (Å²) in [6, 6.07) is 6.02. The third-order valence-electron chi connectivity index (χ3n) is 4.45. The first-order valence-corrected chi connectivity index (χ1v) is 6.84. The summed E-state index contributed by atoms with van der Waals surface area (Å²) in [7, 11) is 0. The van der Waals surface area contributed by atoms with Gasteiger partial charge < -0.3 is 4.42 Å². The molecule has 0 N–H and O–H groups in total. The van der Waals surface area contributed by atoms with E-state index in [-0.39, 0.29) is 5.63 Å². The summed E-state index contributed by atoms with van der Waals surface area (Å²) >= 11 is 0. The van der Waals surface area contributed by atoms with E-state index in [2.05, 4.69) is 26.8 Å². The van der Waals surface area contributed by atoms with Gasteiger partial charge in [0.05, 0.1) is 5.39 Å². The Kier molecular flexibility index (Phi) is 2.72. The van der Waals surface area contributed by atoms with E-state index in [1.54, 1.807) is 0 Å². The molecule has 0 unspecified atom stereocenters. The van der Waals surface area contributed by atoms with Gasteiger partial charge >= 0.3 is 5.63 Å². The van der Waals surface area contributed by atoms with Crippen molar-refractivity contribution in [1.82, 2.24) is 0 Å². The van der Waals surface area contributed by atoms with Crippen molar-refractivity contribution in [3.05, 3.63) is 56.4 Å². The monoisotopic (exact) mass is 266 g/mol. The maximum absolute atomic E-state index is 12.2. The van der Waals surface area contributed by atoms with Crippen molar-refractivity contribution in [2.75, 3.05) is 0 Å². The van der Waals surface area contributed by atoms with Gasteiger partial charge in [0.15, 0.2) is 0 Å². The van der Waals surface area contributed by atoms with Crippen molar-refractivity contribution >= 4 is 21.7 Å². The maximum Gasteiger partial charge on any atom is 0.344 e. The normalized spacial score (nSPS) is 11.4. The summed E-state index contributed by atoms with van der Waals surface area (Å²) in [6.45, 7) is 10.3. The molecule has 0 saturated heterocycles. The highest BCUT2D eigenvalue weighted by atomic mass is 16.4. The van der Waals surface area contributed by atoms with Crippen LogP contribution in [0.15, 0.2) is 27.4 Å². The Morgan fingerprint density at radius 2 is 1.35 bits per heavy atom. The van der Waals surface area contributed by atoms with Crippen LogP contribution in [-0.4, -0.2) is 0 Å². The largest absolute Gasteiger partial charge is 0.422 e. The first-order valence-electron chi connectivity index (χ1n) is 6.84. The van der Waals surface area contributed by atoms with Crippen LogP contribution in [0.3, 0.4) is 0 Å². The van der Waals surface area contributed by atoms with Crippen LogP contribution in [0.1, 0.15) is 27.8 Å². The Bertz CT molecular complexity index is 914. The first-order chi connectivity index (χ1) is 9.40. The molecule has 0 fully saturated rings. The fourth-order valence-electron chi connectivity index (χ4n) is 2.81. The second-order valence-electron chi connectivity index (χ2n) is 5.69. The number of aryl methyl sites for hydroxylation is 4. The predicted molar refractivity (Wildman–Crippen MR) is 83.7 cm³/mol. The van der Waals surface area contributed by atoms with Gasteiger partial charge in [0, 0.05) is 10.8 Å². The molecule has 0 bridgehead atoms. The number of hydrogen-bond acceptors (Lipinski definition) is 2. The molecule has 3 aromatic rings. The van der Waals surface area contributed by atoms with Crippen LogP contribution in [0.5, 0.6) is 0 Å². The van der Waals surface area contributed by atoms with E-state index in [9.17, 15) is 4.79 Å². The van der Waals surface area contributed by atoms with Gasteiger partial charge in [-0.2, -0.15) is 0 Å². The standard InChI is InChI=1S/C18H18O2/c1-9-6-14-16(8-10(9)2)20-18(19)15-7-11(3)12(4)13(5)17(14)15/h6-8H,1-5H3. The predicted octanol–water partition coefficient (Wildman–Crippen LogP) is 4.49. The molecule has 0 saturated carbocycles. The Morgan fingerprint density at radius 1 is 0.750 bits per heavy atom. The molecule has 0 aliphatic carbocycles. The summed E-state index contributed by atoms with van der Waals surface area (Å²) in [5.41, 5.74) is 6.32. The Labute approximate surface area is 118 Å². The van der Waals surface area contributed by atoms with Crippen molar-refractivity contribution in [2.45, 2.75) is 34.6 Å². The molecule has 102 valence electrons. The molecule has 2 heteroatoms. The Hall–Kier alpha value is -2.09. The van der Waals surface area contributed by atoms with Gasteiger partial charge in [0.1, 0.15) is 5.58 Å². The molecule has 0 aliphatic heterocycles. The zero-order valence-electron chi connectivity index (χ0n) is 12.5. The zero-order chi connectivity index (χ0) is 14.6. The molecule has 0 radical (unpaired) electrons. The van der Waals surface area contributed by atoms with Crippen LogP contribution in [0.2, 0.25) is 0 Å². The molecule has 1 heterocycles. The van der Waals surface area contributed by atoms with Crippen molar-refractivity contribution < 1.29 is 4.42 Å². The van der Waals surface area contributed by atoms with Crippen LogP contribution in [-0.2, 0) is 0 Å². The number of benzene rings is 2. The fourth-order valence-corrected chi connectivity index (χ4v) is 2.81. The number of hydrogen-bond donors (Lipinski definition) is 0. The van der Waals surface area contributed by atoms with E-state index < -0.39 is 0 Å². The summed E-state index contributed by atoms with van der Waals surface area (Å²) in [5, 5.41) is 2.74. The van der Waals surface area contributed by atoms with Crippen molar-refractivity contribution in [3.63, 3.8) is 0 Å². The van der Waals surface area contributed by atoms with Gasteiger partial charge in [-0.1, -0.05) is 0 Å². The lowest BCUT2D eigenvalue weighted by molar-refractivity contribution is 0.569. The smallest absolute Gasteiger partial charge is 0.344 e. The summed E-state index contributed by atoms with van der Waals surface area (Å²) in [5.74, 6) is 0. The van der Waals surface area contributed by atoms with E-state index in [1.807, 2.05) is 26.0 Å².